The van der Waals surface area contributed by atoms with Crippen LogP contribution in [0.15, 0.2) is 48.5 Å². The Morgan fingerprint density at radius 2 is 1.73 bits per heavy atom. The van der Waals surface area contributed by atoms with Gasteiger partial charge in [0.05, 0.1) is 12.9 Å². The molecule has 0 aromatic heterocycles. The Hall–Kier alpha value is -2.54. The van der Waals surface area contributed by atoms with Crippen LogP contribution in [-0.4, -0.2) is 42.2 Å². The SMILES string of the molecule is CCCNC(=O)[C@H](C)N(Cc1ccc(OC)cc1)C(=O)CSCc1ccc(F)cc1. The number of amides is 2. The maximum Gasteiger partial charge on any atom is 0.242 e. The average molecular weight is 433 g/mol. The number of rotatable bonds is 11. The second-order valence-corrected chi connectivity index (χ2v) is 7.94. The van der Waals surface area contributed by atoms with Crippen LogP contribution in [0.2, 0.25) is 0 Å². The molecule has 5 nitrogen and oxygen atoms in total. The average Bonchev–Trinajstić information content (AvgIpc) is 2.77. The molecule has 0 bridgehead atoms. The van der Waals surface area contributed by atoms with Gasteiger partial charge >= 0.3 is 0 Å². The Balaban J connectivity index is 2.04. The monoisotopic (exact) mass is 432 g/mol. The van der Waals surface area contributed by atoms with Gasteiger partial charge in [0.25, 0.3) is 0 Å². The van der Waals surface area contributed by atoms with Crippen molar-refractivity contribution in [2.75, 3.05) is 19.4 Å². The fourth-order valence-corrected chi connectivity index (χ4v) is 3.70. The van der Waals surface area contributed by atoms with E-state index in [-0.39, 0.29) is 23.4 Å². The number of hydrogen-bond donors (Lipinski definition) is 1. The van der Waals surface area contributed by atoms with Crippen molar-refractivity contribution < 1.29 is 18.7 Å². The Morgan fingerprint density at radius 3 is 2.33 bits per heavy atom. The Morgan fingerprint density at radius 1 is 1.10 bits per heavy atom. The molecule has 2 rings (SSSR count). The van der Waals surface area contributed by atoms with Gasteiger partial charge in [-0.2, -0.15) is 0 Å². The molecular formula is C23H29FN2O3S. The number of ether oxygens (including phenoxy) is 1. The molecule has 0 aliphatic carbocycles. The molecule has 1 atom stereocenters. The summed E-state index contributed by atoms with van der Waals surface area (Å²) in [6.45, 7) is 4.64. The fourth-order valence-electron chi connectivity index (χ4n) is 2.83. The van der Waals surface area contributed by atoms with Crippen molar-refractivity contribution in [3.05, 3.63) is 65.5 Å². The number of thioether (sulfide) groups is 1. The van der Waals surface area contributed by atoms with E-state index in [1.54, 1.807) is 31.1 Å². The zero-order valence-corrected chi connectivity index (χ0v) is 18.5. The minimum absolute atomic E-state index is 0.114. The van der Waals surface area contributed by atoms with Crippen molar-refractivity contribution in [1.82, 2.24) is 10.2 Å². The summed E-state index contributed by atoms with van der Waals surface area (Å²) in [7, 11) is 1.60. The molecule has 1 N–H and O–H groups in total. The topological polar surface area (TPSA) is 58.6 Å². The summed E-state index contributed by atoms with van der Waals surface area (Å²) in [4.78, 5) is 27.1. The van der Waals surface area contributed by atoms with Crippen LogP contribution in [0.3, 0.4) is 0 Å². The van der Waals surface area contributed by atoms with Crippen molar-refractivity contribution >= 4 is 23.6 Å². The number of nitrogens with zero attached hydrogens (tertiary/aromatic N) is 1. The van der Waals surface area contributed by atoms with Crippen LogP contribution >= 0.6 is 11.8 Å². The van der Waals surface area contributed by atoms with E-state index in [4.69, 9.17) is 4.74 Å². The standard InChI is InChI=1S/C23H29FN2O3S/c1-4-13-25-23(28)17(2)26(14-18-7-11-21(29-3)12-8-18)22(27)16-30-15-19-5-9-20(24)10-6-19/h5-12,17H,4,13-16H2,1-3H3,(H,25,28)/t17-/m0/s1. The van der Waals surface area contributed by atoms with E-state index >= 15 is 0 Å². The molecule has 0 unspecified atom stereocenters. The maximum atomic E-state index is 13.0. The van der Waals surface area contributed by atoms with Gasteiger partial charge < -0.3 is 15.0 Å². The van der Waals surface area contributed by atoms with Crippen molar-refractivity contribution in [2.24, 2.45) is 0 Å². The number of carbonyl (C=O) groups is 2. The van der Waals surface area contributed by atoms with E-state index in [1.807, 2.05) is 31.2 Å². The second kappa shape index (κ2) is 12.2. The Bertz CT molecular complexity index is 812. The third-order valence-electron chi connectivity index (χ3n) is 4.64. The van der Waals surface area contributed by atoms with Gasteiger partial charge in [-0.25, -0.2) is 4.39 Å². The van der Waals surface area contributed by atoms with Gasteiger partial charge in [0, 0.05) is 18.8 Å². The first-order valence-corrected chi connectivity index (χ1v) is 11.1. The zero-order chi connectivity index (χ0) is 21.9. The van der Waals surface area contributed by atoms with Crippen LogP contribution in [-0.2, 0) is 21.9 Å². The van der Waals surface area contributed by atoms with E-state index in [0.717, 1.165) is 23.3 Å². The number of carbonyl (C=O) groups excluding carboxylic acids is 2. The van der Waals surface area contributed by atoms with Crippen LogP contribution in [0, 0.1) is 5.82 Å². The molecule has 2 amide bonds. The molecule has 2 aromatic carbocycles. The summed E-state index contributed by atoms with van der Waals surface area (Å²) in [5.41, 5.74) is 1.87. The number of halogens is 1. The molecule has 162 valence electrons. The predicted octanol–water partition coefficient (Wildman–Crippen LogP) is 4.01. The highest BCUT2D eigenvalue weighted by molar-refractivity contribution is 7.99. The van der Waals surface area contributed by atoms with Gasteiger partial charge in [-0.1, -0.05) is 31.2 Å². The smallest absolute Gasteiger partial charge is 0.242 e. The summed E-state index contributed by atoms with van der Waals surface area (Å²) < 4.78 is 18.2. The second-order valence-electron chi connectivity index (χ2n) is 6.96. The van der Waals surface area contributed by atoms with Crippen LogP contribution in [0.5, 0.6) is 5.75 Å². The molecule has 0 saturated heterocycles. The largest absolute Gasteiger partial charge is 0.497 e. The molecule has 7 heteroatoms. The zero-order valence-electron chi connectivity index (χ0n) is 17.7. The van der Waals surface area contributed by atoms with Crippen LogP contribution < -0.4 is 10.1 Å². The Kier molecular flexibility index (Phi) is 9.67. The third-order valence-corrected chi connectivity index (χ3v) is 5.62. The van der Waals surface area contributed by atoms with Gasteiger partial charge in [-0.05, 0) is 48.7 Å². The van der Waals surface area contributed by atoms with Gasteiger partial charge in [-0.3, -0.25) is 9.59 Å². The fraction of sp³-hybridized carbons (Fsp3) is 0.391. The van der Waals surface area contributed by atoms with E-state index in [9.17, 15) is 14.0 Å². The van der Waals surface area contributed by atoms with E-state index < -0.39 is 6.04 Å². The highest BCUT2D eigenvalue weighted by Crippen LogP contribution is 2.18. The first-order chi connectivity index (χ1) is 14.4. The third kappa shape index (κ3) is 7.37. The van der Waals surface area contributed by atoms with E-state index in [1.165, 1.54) is 23.9 Å². The lowest BCUT2D eigenvalue weighted by atomic mass is 10.1. The lowest BCUT2D eigenvalue weighted by molar-refractivity contribution is -0.138. The van der Waals surface area contributed by atoms with Gasteiger partial charge in [0.1, 0.15) is 17.6 Å². The van der Waals surface area contributed by atoms with Crippen molar-refractivity contribution in [1.29, 1.82) is 0 Å². The molecule has 0 aliphatic heterocycles. The summed E-state index contributed by atoms with van der Waals surface area (Å²) >= 11 is 1.45. The lowest BCUT2D eigenvalue weighted by Gasteiger charge is -2.28. The summed E-state index contributed by atoms with van der Waals surface area (Å²) in [5, 5.41) is 2.86. The maximum absolute atomic E-state index is 13.0. The normalized spacial score (nSPS) is 11.6. The lowest BCUT2D eigenvalue weighted by Crippen LogP contribution is -2.48. The molecule has 0 radical (unpaired) electrons. The first-order valence-electron chi connectivity index (χ1n) is 9.97. The molecule has 2 aromatic rings. The number of hydrogen-bond acceptors (Lipinski definition) is 4. The highest BCUT2D eigenvalue weighted by atomic mass is 32.2. The number of benzene rings is 2. The predicted molar refractivity (Wildman–Crippen MR) is 119 cm³/mol. The summed E-state index contributed by atoms with van der Waals surface area (Å²) in [5.74, 6) is 1.01. The number of nitrogens with one attached hydrogen (secondary N) is 1. The molecule has 0 saturated carbocycles. The molecule has 30 heavy (non-hydrogen) atoms. The molecule has 0 spiro atoms. The van der Waals surface area contributed by atoms with Gasteiger partial charge in [0.15, 0.2) is 0 Å². The summed E-state index contributed by atoms with van der Waals surface area (Å²) in [6.07, 6.45) is 0.832. The minimum Gasteiger partial charge on any atom is -0.497 e. The number of methoxy groups -OCH3 is 1. The minimum atomic E-state index is -0.586. The van der Waals surface area contributed by atoms with Gasteiger partial charge in [0.2, 0.25) is 11.8 Å². The molecule has 0 fully saturated rings. The van der Waals surface area contributed by atoms with Crippen LogP contribution in [0.25, 0.3) is 0 Å². The van der Waals surface area contributed by atoms with Gasteiger partial charge in [-0.15, -0.1) is 11.8 Å². The molecular weight excluding hydrogens is 403 g/mol. The van der Waals surface area contributed by atoms with Crippen molar-refractivity contribution in [3.8, 4) is 5.75 Å². The van der Waals surface area contributed by atoms with Crippen molar-refractivity contribution in [2.45, 2.75) is 38.6 Å². The highest BCUT2D eigenvalue weighted by Gasteiger charge is 2.25. The van der Waals surface area contributed by atoms with Crippen LogP contribution in [0.1, 0.15) is 31.4 Å². The Labute approximate surface area is 182 Å². The molecule has 0 heterocycles. The van der Waals surface area contributed by atoms with Crippen LogP contribution in [0.4, 0.5) is 4.39 Å². The molecule has 0 aliphatic rings. The first kappa shape index (κ1) is 23.7. The van der Waals surface area contributed by atoms with Crippen molar-refractivity contribution in [3.63, 3.8) is 0 Å². The van der Waals surface area contributed by atoms with E-state index in [2.05, 4.69) is 5.32 Å². The quantitative estimate of drug-likeness (QED) is 0.583. The summed E-state index contributed by atoms with van der Waals surface area (Å²) in [6, 6.07) is 13.1. The van der Waals surface area contributed by atoms with E-state index in [0.29, 0.717) is 18.8 Å².